The zero-order valence-corrected chi connectivity index (χ0v) is 13.3. The lowest BCUT2D eigenvalue weighted by Gasteiger charge is -2.20. The molecular weight excluding hydrogens is 308 g/mol. The van der Waals surface area contributed by atoms with Crippen LogP contribution in [0.1, 0.15) is 12.0 Å². The number of hydrogen-bond donors (Lipinski definition) is 2. The fraction of sp³-hybridized carbons (Fsp3) is 0.533. The molecule has 22 heavy (non-hydrogen) atoms. The van der Waals surface area contributed by atoms with Gasteiger partial charge < -0.3 is 25.3 Å². The smallest absolute Gasteiger partial charge is 0.222 e. The Morgan fingerprint density at radius 1 is 1.45 bits per heavy atom. The Kier molecular flexibility index (Phi) is 6.30. The van der Waals surface area contributed by atoms with Crippen LogP contribution in [-0.4, -0.2) is 45.4 Å². The molecule has 1 aromatic rings. The lowest BCUT2D eigenvalue weighted by molar-refractivity contribution is -0.123. The maximum absolute atomic E-state index is 11.7. The SMILES string of the molecule is COC(CN)CC(=O)NCCc1cc(Cl)c2c(c1)OCCO2. The minimum Gasteiger partial charge on any atom is -0.486 e. The number of halogens is 1. The second-order valence-electron chi connectivity index (χ2n) is 5.00. The molecule has 1 aliphatic rings. The molecule has 0 saturated carbocycles. The van der Waals surface area contributed by atoms with Crippen molar-refractivity contribution in [1.29, 1.82) is 0 Å². The van der Waals surface area contributed by atoms with Crippen LogP contribution in [0.2, 0.25) is 5.02 Å². The van der Waals surface area contributed by atoms with Crippen LogP contribution >= 0.6 is 11.6 Å². The van der Waals surface area contributed by atoms with Gasteiger partial charge in [-0.05, 0) is 24.1 Å². The molecular formula is C15H21ClN2O4. The van der Waals surface area contributed by atoms with Gasteiger partial charge in [-0.1, -0.05) is 11.6 Å². The second-order valence-corrected chi connectivity index (χ2v) is 5.41. The van der Waals surface area contributed by atoms with Gasteiger partial charge in [0, 0.05) is 20.2 Å². The number of hydrogen-bond acceptors (Lipinski definition) is 5. The number of amides is 1. The Bertz CT molecular complexity index is 521. The maximum Gasteiger partial charge on any atom is 0.222 e. The van der Waals surface area contributed by atoms with E-state index in [1.165, 1.54) is 0 Å². The first kappa shape index (κ1) is 16.9. The van der Waals surface area contributed by atoms with E-state index >= 15 is 0 Å². The number of benzene rings is 1. The van der Waals surface area contributed by atoms with E-state index in [9.17, 15) is 4.79 Å². The quantitative estimate of drug-likeness (QED) is 0.784. The summed E-state index contributed by atoms with van der Waals surface area (Å²) in [5, 5.41) is 3.37. The molecule has 7 heteroatoms. The van der Waals surface area contributed by atoms with E-state index < -0.39 is 0 Å². The third-order valence-electron chi connectivity index (χ3n) is 3.40. The molecule has 1 aromatic carbocycles. The highest BCUT2D eigenvalue weighted by molar-refractivity contribution is 6.32. The van der Waals surface area contributed by atoms with Gasteiger partial charge in [0.05, 0.1) is 17.5 Å². The molecule has 1 amide bonds. The van der Waals surface area contributed by atoms with Crippen LogP contribution in [0.25, 0.3) is 0 Å². The van der Waals surface area contributed by atoms with Crippen LogP contribution in [0.4, 0.5) is 0 Å². The largest absolute Gasteiger partial charge is 0.486 e. The number of nitrogens with two attached hydrogens (primary N) is 1. The van der Waals surface area contributed by atoms with E-state index in [1.54, 1.807) is 7.11 Å². The van der Waals surface area contributed by atoms with E-state index in [-0.39, 0.29) is 18.4 Å². The van der Waals surface area contributed by atoms with Crippen LogP contribution < -0.4 is 20.5 Å². The predicted molar refractivity (Wildman–Crippen MR) is 83.6 cm³/mol. The molecule has 1 aliphatic heterocycles. The van der Waals surface area contributed by atoms with Gasteiger partial charge in [-0.25, -0.2) is 0 Å². The Labute approximate surface area is 134 Å². The molecule has 1 atom stereocenters. The predicted octanol–water partition coefficient (Wildman–Crippen LogP) is 1.13. The molecule has 3 N–H and O–H groups in total. The minimum absolute atomic E-state index is 0.0825. The summed E-state index contributed by atoms with van der Waals surface area (Å²) in [6.07, 6.45) is 0.667. The summed E-state index contributed by atoms with van der Waals surface area (Å²) in [5.41, 5.74) is 6.47. The Morgan fingerprint density at radius 3 is 2.95 bits per heavy atom. The van der Waals surface area contributed by atoms with Crippen molar-refractivity contribution in [2.75, 3.05) is 33.4 Å². The minimum atomic E-state index is -0.247. The molecule has 0 aromatic heterocycles. The summed E-state index contributed by atoms with van der Waals surface area (Å²) >= 11 is 6.17. The summed E-state index contributed by atoms with van der Waals surface area (Å²) in [6.45, 7) is 1.85. The first-order valence-electron chi connectivity index (χ1n) is 7.21. The van der Waals surface area contributed by atoms with Gasteiger partial charge in [0.25, 0.3) is 0 Å². The van der Waals surface area contributed by atoms with Crippen molar-refractivity contribution in [3.05, 3.63) is 22.7 Å². The van der Waals surface area contributed by atoms with Gasteiger partial charge in [0.1, 0.15) is 13.2 Å². The first-order chi connectivity index (χ1) is 10.6. The fourth-order valence-electron chi connectivity index (χ4n) is 2.20. The van der Waals surface area contributed by atoms with E-state index in [1.807, 2.05) is 12.1 Å². The summed E-state index contributed by atoms with van der Waals surface area (Å²) in [5.74, 6) is 1.16. The van der Waals surface area contributed by atoms with Crippen molar-refractivity contribution in [2.24, 2.45) is 5.73 Å². The van der Waals surface area contributed by atoms with Crippen molar-refractivity contribution < 1.29 is 19.0 Å². The zero-order chi connectivity index (χ0) is 15.9. The van der Waals surface area contributed by atoms with Gasteiger partial charge in [-0.15, -0.1) is 0 Å². The van der Waals surface area contributed by atoms with Crippen LogP contribution in [-0.2, 0) is 16.0 Å². The van der Waals surface area contributed by atoms with Gasteiger partial charge in [0.15, 0.2) is 11.5 Å². The number of methoxy groups -OCH3 is 1. The number of nitrogens with one attached hydrogen (secondary N) is 1. The number of fused-ring (bicyclic) bond motifs is 1. The highest BCUT2D eigenvalue weighted by Crippen LogP contribution is 2.38. The summed E-state index contributed by atoms with van der Waals surface area (Å²) in [6, 6.07) is 3.73. The summed E-state index contributed by atoms with van der Waals surface area (Å²) in [7, 11) is 1.54. The van der Waals surface area contributed by atoms with Crippen LogP contribution in [0.3, 0.4) is 0 Å². The van der Waals surface area contributed by atoms with E-state index in [0.717, 1.165) is 5.56 Å². The van der Waals surface area contributed by atoms with Crippen molar-refractivity contribution in [3.63, 3.8) is 0 Å². The Hall–Kier alpha value is -1.50. The van der Waals surface area contributed by atoms with E-state index in [0.29, 0.717) is 49.2 Å². The van der Waals surface area contributed by atoms with E-state index in [4.69, 9.17) is 31.5 Å². The Morgan fingerprint density at radius 2 is 2.23 bits per heavy atom. The molecule has 2 rings (SSSR count). The van der Waals surface area contributed by atoms with Crippen LogP contribution in [0, 0.1) is 0 Å². The normalized spacial score (nSPS) is 14.5. The van der Waals surface area contributed by atoms with Crippen molar-refractivity contribution in [3.8, 4) is 11.5 Å². The molecule has 1 heterocycles. The Balaban J connectivity index is 1.84. The molecule has 1 unspecified atom stereocenters. The maximum atomic E-state index is 11.7. The zero-order valence-electron chi connectivity index (χ0n) is 12.6. The first-order valence-corrected chi connectivity index (χ1v) is 7.59. The third-order valence-corrected chi connectivity index (χ3v) is 3.68. The fourth-order valence-corrected chi connectivity index (χ4v) is 2.48. The second kappa shape index (κ2) is 8.22. The highest BCUT2D eigenvalue weighted by atomic mass is 35.5. The molecule has 0 fully saturated rings. The molecule has 6 nitrogen and oxygen atoms in total. The van der Waals surface area contributed by atoms with Gasteiger partial charge >= 0.3 is 0 Å². The topological polar surface area (TPSA) is 82.8 Å². The summed E-state index contributed by atoms with van der Waals surface area (Å²) in [4.78, 5) is 11.7. The van der Waals surface area contributed by atoms with Crippen molar-refractivity contribution >= 4 is 17.5 Å². The third kappa shape index (κ3) is 4.50. The van der Waals surface area contributed by atoms with E-state index in [2.05, 4.69) is 5.32 Å². The van der Waals surface area contributed by atoms with Crippen molar-refractivity contribution in [2.45, 2.75) is 18.9 Å². The van der Waals surface area contributed by atoms with Crippen molar-refractivity contribution in [1.82, 2.24) is 5.32 Å². The molecule has 0 saturated heterocycles. The van der Waals surface area contributed by atoms with Gasteiger partial charge in [0.2, 0.25) is 5.91 Å². The molecule has 0 spiro atoms. The van der Waals surface area contributed by atoms with Gasteiger partial charge in [-0.2, -0.15) is 0 Å². The average molecular weight is 329 g/mol. The molecule has 0 bridgehead atoms. The standard InChI is InChI=1S/C15H21ClN2O4/c1-20-11(9-17)8-14(19)18-3-2-10-6-12(16)15-13(7-10)21-4-5-22-15/h6-7,11H,2-5,8-9,17H2,1H3,(H,18,19). The van der Waals surface area contributed by atoms with Gasteiger partial charge in [-0.3, -0.25) is 4.79 Å². The average Bonchev–Trinajstić information content (AvgIpc) is 2.52. The van der Waals surface area contributed by atoms with Crippen LogP contribution in [0.15, 0.2) is 12.1 Å². The number of carbonyl (C=O) groups excluding carboxylic acids is 1. The summed E-state index contributed by atoms with van der Waals surface area (Å²) < 4.78 is 16.1. The number of carbonyl (C=O) groups is 1. The molecule has 0 radical (unpaired) electrons. The number of ether oxygens (including phenoxy) is 3. The lowest BCUT2D eigenvalue weighted by atomic mass is 10.1. The van der Waals surface area contributed by atoms with Crippen LogP contribution in [0.5, 0.6) is 11.5 Å². The monoisotopic (exact) mass is 328 g/mol. The number of rotatable bonds is 7. The lowest BCUT2D eigenvalue weighted by Crippen LogP contribution is -2.33. The molecule has 122 valence electrons. The molecule has 0 aliphatic carbocycles. The highest BCUT2D eigenvalue weighted by Gasteiger charge is 2.17.